The van der Waals surface area contributed by atoms with Crippen LogP contribution in [0, 0.1) is 0 Å². The van der Waals surface area contributed by atoms with Crippen molar-refractivity contribution >= 4 is 23.2 Å². The Kier molecular flexibility index (Phi) is 3.93. The molecule has 3 rings (SSSR count). The first kappa shape index (κ1) is 14.3. The largest absolute Gasteiger partial charge is 0.459 e. The average molecular weight is 300 g/mol. The molecule has 0 atom stereocenters. The van der Waals surface area contributed by atoms with Crippen LogP contribution in [-0.2, 0) is 16.0 Å². The Balaban J connectivity index is 1.80. The summed E-state index contributed by atoms with van der Waals surface area (Å²) in [7, 11) is 1.49. The number of amides is 2. The first-order valence-electron chi connectivity index (χ1n) is 6.96. The molecule has 22 heavy (non-hydrogen) atoms. The van der Waals surface area contributed by atoms with Gasteiger partial charge >= 0.3 is 0 Å². The van der Waals surface area contributed by atoms with Crippen molar-refractivity contribution in [3.05, 3.63) is 47.9 Å². The summed E-state index contributed by atoms with van der Waals surface area (Å²) >= 11 is 0. The molecule has 0 spiro atoms. The van der Waals surface area contributed by atoms with Gasteiger partial charge in [0.25, 0.3) is 11.8 Å². The minimum absolute atomic E-state index is 0.0441. The lowest BCUT2D eigenvalue weighted by molar-refractivity contribution is -0.122. The van der Waals surface area contributed by atoms with Gasteiger partial charge in [0.2, 0.25) is 0 Å². The van der Waals surface area contributed by atoms with Crippen LogP contribution in [0.1, 0.15) is 16.1 Å². The lowest BCUT2D eigenvalue weighted by Gasteiger charge is -2.17. The average Bonchev–Trinajstić information content (AvgIpc) is 3.17. The molecule has 2 amide bonds. The molecule has 6 nitrogen and oxygen atoms in total. The van der Waals surface area contributed by atoms with E-state index in [2.05, 4.69) is 5.32 Å². The number of nitrogens with zero attached hydrogens (tertiary/aromatic N) is 1. The predicted octanol–water partition coefficient (Wildman–Crippen LogP) is 2.07. The fraction of sp³-hybridized carbons (Fsp3) is 0.250. The molecule has 0 radical (unpaired) electrons. The number of anilines is 2. The minimum atomic E-state index is -0.322. The number of fused-ring (bicyclic) bond motifs is 1. The Labute approximate surface area is 127 Å². The van der Waals surface area contributed by atoms with E-state index in [1.165, 1.54) is 13.4 Å². The molecule has 2 heterocycles. The van der Waals surface area contributed by atoms with Gasteiger partial charge in [0.15, 0.2) is 5.76 Å². The molecule has 1 aliphatic heterocycles. The molecule has 6 heteroatoms. The van der Waals surface area contributed by atoms with Crippen molar-refractivity contribution in [1.82, 2.24) is 0 Å². The number of hydrogen-bond donors (Lipinski definition) is 1. The van der Waals surface area contributed by atoms with Gasteiger partial charge in [-0.1, -0.05) is 6.07 Å². The number of nitrogens with one attached hydrogen (secondary N) is 1. The highest BCUT2D eigenvalue weighted by Crippen LogP contribution is 2.31. The zero-order valence-electron chi connectivity index (χ0n) is 12.2. The van der Waals surface area contributed by atoms with E-state index in [1.807, 2.05) is 12.1 Å². The van der Waals surface area contributed by atoms with E-state index >= 15 is 0 Å². The van der Waals surface area contributed by atoms with Gasteiger partial charge in [0.1, 0.15) is 6.61 Å². The van der Waals surface area contributed by atoms with E-state index in [-0.39, 0.29) is 24.2 Å². The lowest BCUT2D eigenvalue weighted by Crippen LogP contribution is -2.32. The van der Waals surface area contributed by atoms with Gasteiger partial charge in [0, 0.05) is 25.0 Å². The molecule has 0 saturated carbocycles. The van der Waals surface area contributed by atoms with Crippen molar-refractivity contribution in [2.45, 2.75) is 6.42 Å². The molecular weight excluding hydrogens is 284 g/mol. The van der Waals surface area contributed by atoms with Crippen molar-refractivity contribution in [1.29, 1.82) is 0 Å². The fourth-order valence-electron chi connectivity index (χ4n) is 2.52. The van der Waals surface area contributed by atoms with Gasteiger partial charge in [-0.05, 0) is 36.2 Å². The van der Waals surface area contributed by atoms with Crippen LogP contribution in [0.25, 0.3) is 0 Å². The third-order valence-electron chi connectivity index (χ3n) is 3.55. The second-order valence-electron chi connectivity index (χ2n) is 5.00. The molecule has 1 aliphatic rings. The van der Waals surface area contributed by atoms with Gasteiger partial charge in [-0.2, -0.15) is 0 Å². The molecule has 0 saturated heterocycles. The molecule has 1 aromatic carbocycles. The van der Waals surface area contributed by atoms with Crippen molar-refractivity contribution in [3.8, 4) is 0 Å². The molecule has 2 aromatic rings. The third kappa shape index (κ3) is 2.73. The fourth-order valence-corrected chi connectivity index (χ4v) is 2.52. The maximum absolute atomic E-state index is 12.0. The molecular formula is C16H16N2O4. The van der Waals surface area contributed by atoms with E-state index in [9.17, 15) is 9.59 Å². The number of carbonyl (C=O) groups is 2. The topological polar surface area (TPSA) is 71.8 Å². The summed E-state index contributed by atoms with van der Waals surface area (Å²) in [6.45, 7) is 0.676. The first-order chi connectivity index (χ1) is 10.7. The summed E-state index contributed by atoms with van der Waals surface area (Å²) in [6, 6.07) is 8.80. The van der Waals surface area contributed by atoms with Crippen molar-refractivity contribution in [2.24, 2.45) is 0 Å². The summed E-state index contributed by atoms with van der Waals surface area (Å²) < 4.78 is 9.96. The van der Waals surface area contributed by atoms with Gasteiger partial charge in [0.05, 0.1) is 6.26 Å². The number of ether oxygens (including phenoxy) is 1. The Morgan fingerprint density at radius 3 is 2.95 bits per heavy atom. The van der Waals surface area contributed by atoms with Crippen LogP contribution in [-0.4, -0.2) is 32.1 Å². The normalized spacial score (nSPS) is 13.0. The van der Waals surface area contributed by atoms with Crippen LogP contribution in [0.4, 0.5) is 11.4 Å². The van der Waals surface area contributed by atoms with Crippen molar-refractivity contribution in [2.75, 3.05) is 30.5 Å². The summed E-state index contributed by atoms with van der Waals surface area (Å²) in [5, 5.41) is 2.76. The Morgan fingerprint density at radius 1 is 1.36 bits per heavy atom. The number of hydrogen-bond acceptors (Lipinski definition) is 4. The zero-order valence-corrected chi connectivity index (χ0v) is 12.2. The van der Waals surface area contributed by atoms with Crippen LogP contribution >= 0.6 is 0 Å². The Bertz CT molecular complexity index is 694. The van der Waals surface area contributed by atoms with E-state index in [0.717, 1.165) is 17.7 Å². The maximum atomic E-state index is 12.0. The van der Waals surface area contributed by atoms with Gasteiger partial charge in [-0.15, -0.1) is 0 Å². The molecule has 0 unspecified atom stereocenters. The molecule has 0 bridgehead atoms. The van der Waals surface area contributed by atoms with Crippen molar-refractivity contribution in [3.63, 3.8) is 0 Å². The smallest absolute Gasteiger partial charge is 0.291 e. The molecule has 0 aliphatic carbocycles. The molecule has 1 aromatic heterocycles. The number of rotatable bonds is 4. The zero-order chi connectivity index (χ0) is 15.5. The Morgan fingerprint density at radius 2 is 2.23 bits per heavy atom. The minimum Gasteiger partial charge on any atom is -0.459 e. The number of benzene rings is 1. The highest BCUT2D eigenvalue weighted by molar-refractivity contribution is 6.03. The van der Waals surface area contributed by atoms with Crippen molar-refractivity contribution < 1.29 is 18.7 Å². The van der Waals surface area contributed by atoms with Crippen LogP contribution in [0.3, 0.4) is 0 Å². The second kappa shape index (κ2) is 6.03. The second-order valence-corrected chi connectivity index (χ2v) is 5.00. The Hall–Kier alpha value is -2.60. The summed E-state index contributed by atoms with van der Waals surface area (Å²) in [6.07, 6.45) is 2.25. The maximum Gasteiger partial charge on any atom is 0.291 e. The van der Waals surface area contributed by atoms with Crippen LogP contribution in [0.15, 0.2) is 41.0 Å². The summed E-state index contributed by atoms with van der Waals surface area (Å²) in [5.74, 6) is -0.165. The molecule has 1 N–H and O–H groups in total. The van der Waals surface area contributed by atoms with Crippen LogP contribution in [0.5, 0.6) is 0 Å². The lowest BCUT2D eigenvalue weighted by atomic mass is 10.1. The molecule has 0 fully saturated rings. The van der Waals surface area contributed by atoms with Crippen LogP contribution in [0.2, 0.25) is 0 Å². The van der Waals surface area contributed by atoms with Gasteiger partial charge < -0.3 is 19.4 Å². The van der Waals surface area contributed by atoms with E-state index in [1.54, 1.807) is 23.1 Å². The summed E-state index contributed by atoms with van der Waals surface area (Å²) in [5.41, 5.74) is 2.53. The standard InChI is InChI=1S/C16H16N2O4/c1-21-10-15(19)18-7-6-11-4-5-12(9-13(11)18)17-16(20)14-3-2-8-22-14/h2-5,8-9H,6-7,10H2,1H3,(H,17,20). The molecule has 114 valence electrons. The van der Waals surface area contributed by atoms with Crippen LogP contribution < -0.4 is 10.2 Å². The number of furan rings is 1. The SMILES string of the molecule is COCC(=O)N1CCc2ccc(NC(=O)c3ccco3)cc21. The highest BCUT2D eigenvalue weighted by Gasteiger charge is 2.25. The van der Waals surface area contributed by atoms with E-state index in [0.29, 0.717) is 12.2 Å². The van der Waals surface area contributed by atoms with E-state index in [4.69, 9.17) is 9.15 Å². The van der Waals surface area contributed by atoms with E-state index < -0.39 is 0 Å². The van der Waals surface area contributed by atoms with Gasteiger partial charge in [-0.25, -0.2) is 0 Å². The summed E-state index contributed by atoms with van der Waals surface area (Å²) in [4.78, 5) is 25.7. The first-order valence-corrected chi connectivity index (χ1v) is 6.96. The number of carbonyl (C=O) groups excluding carboxylic acids is 2. The predicted molar refractivity (Wildman–Crippen MR) is 81.0 cm³/mol. The quantitative estimate of drug-likeness (QED) is 0.938. The number of methoxy groups -OCH3 is 1. The monoisotopic (exact) mass is 300 g/mol. The highest BCUT2D eigenvalue weighted by atomic mass is 16.5. The third-order valence-corrected chi connectivity index (χ3v) is 3.55. The van der Waals surface area contributed by atoms with Gasteiger partial charge in [-0.3, -0.25) is 9.59 Å².